The quantitative estimate of drug-likeness (QED) is 0.300. The van der Waals surface area contributed by atoms with E-state index in [2.05, 4.69) is 20.4 Å². The lowest BCUT2D eigenvalue weighted by atomic mass is 10.1. The molecule has 4 aromatic rings. The van der Waals surface area contributed by atoms with E-state index in [1.165, 1.54) is 23.7 Å². The molecular weight excluding hydrogens is 438 g/mol. The number of fused-ring (bicyclic) bond motifs is 1. The second kappa shape index (κ2) is 10.4. The molecule has 8 nitrogen and oxygen atoms in total. The van der Waals surface area contributed by atoms with E-state index < -0.39 is 0 Å². The van der Waals surface area contributed by atoms with Gasteiger partial charge in [-0.3, -0.25) is 4.79 Å². The van der Waals surface area contributed by atoms with E-state index in [-0.39, 0.29) is 11.7 Å². The van der Waals surface area contributed by atoms with Crippen molar-refractivity contribution in [3.05, 3.63) is 66.1 Å². The Morgan fingerprint density at radius 2 is 1.85 bits per heavy atom. The van der Waals surface area contributed by atoms with Gasteiger partial charge in [-0.25, -0.2) is 14.6 Å². The standard InChI is InChI=1S/C24H25N5O3S/c1-16-4-7-18(8-5-16)29-23-19(13-28-29)24(27-15-26-23)33-14-22(30)25-11-10-17-6-9-20(31-2)21(12-17)32-3/h4-9,12-13,15H,10-11,14H2,1-3H3,(H,25,30). The highest BCUT2D eigenvalue weighted by atomic mass is 32.2. The predicted molar refractivity (Wildman–Crippen MR) is 128 cm³/mol. The van der Waals surface area contributed by atoms with Crippen molar-refractivity contribution in [2.75, 3.05) is 26.5 Å². The van der Waals surface area contributed by atoms with Crippen molar-refractivity contribution in [3.63, 3.8) is 0 Å². The number of aryl methyl sites for hydroxylation is 1. The van der Waals surface area contributed by atoms with Crippen LogP contribution < -0.4 is 14.8 Å². The lowest BCUT2D eigenvalue weighted by Gasteiger charge is -2.10. The predicted octanol–water partition coefficient (Wildman–Crippen LogP) is 3.59. The number of nitrogens with one attached hydrogen (secondary N) is 1. The molecule has 170 valence electrons. The SMILES string of the molecule is COc1ccc(CCNC(=O)CSc2ncnc3c2cnn3-c2ccc(C)cc2)cc1OC. The lowest BCUT2D eigenvalue weighted by Crippen LogP contribution is -2.27. The highest BCUT2D eigenvalue weighted by molar-refractivity contribution is 8.00. The summed E-state index contributed by atoms with van der Waals surface area (Å²) in [6, 6.07) is 13.8. The van der Waals surface area contributed by atoms with E-state index in [9.17, 15) is 4.79 Å². The van der Waals surface area contributed by atoms with Crippen LogP contribution in [0.1, 0.15) is 11.1 Å². The van der Waals surface area contributed by atoms with E-state index in [1.54, 1.807) is 25.1 Å². The van der Waals surface area contributed by atoms with Crippen LogP contribution in [0.3, 0.4) is 0 Å². The molecular formula is C24H25N5O3S. The molecule has 2 aromatic heterocycles. The Kier molecular flexibility index (Phi) is 7.09. The molecule has 0 atom stereocenters. The highest BCUT2D eigenvalue weighted by Crippen LogP contribution is 2.28. The number of benzene rings is 2. The van der Waals surface area contributed by atoms with Crippen molar-refractivity contribution in [3.8, 4) is 17.2 Å². The first-order valence-electron chi connectivity index (χ1n) is 10.4. The fraction of sp³-hybridized carbons (Fsp3) is 0.250. The number of thioether (sulfide) groups is 1. The maximum atomic E-state index is 12.4. The number of amides is 1. The van der Waals surface area contributed by atoms with Crippen LogP contribution >= 0.6 is 11.8 Å². The smallest absolute Gasteiger partial charge is 0.230 e. The zero-order valence-electron chi connectivity index (χ0n) is 18.7. The van der Waals surface area contributed by atoms with Gasteiger partial charge >= 0.3 is 0 Å². The summed E-state index contributed by atoms with van der Waals surface area (Å²) in [6.45, 7) is 2.57. The minimum absolute atomic E-state index is 0.0573. The summed E-state index contributed by atoms with van der Waals surface area (Å²) in [5, 5.41) is 8.98. The van der Waals surface area contributed by atoms with E-state index in [1.807, 2.05) is 49.4 Å². The Labute approximate surface area is 196 Å². The first-order chi connectivity index (χ1) is 16.1. The third kappa shape index (κ3) is 5.25. The Hall–Kier alpha value is -3.59. The molecule has 0 fully saturated rings. The van der Waals surface area contributed by atoms with Crippen molar-refractivity contribution in [1.29, 1.82) is 0 Å². The second-order valence-electron chi connectivity index (χ2n) is 7.39. The first kappa shape index (κ1) is 22.6. The maximum absolute atomic E-state index is 12.4. The van der Waals surface area contributed by atoms with Gasteiger partial charge in [0.25, 0.3) is 0 Å². The number of hydrogen-bond donors (Lipinski definition) is 1. The molecule has 0 saturated heterocycles. The fourth-order valence-electron chi connectivity index (χ4n) is 3.38. The number of hydrogen-bond acceptors (Lipinski definition) is 7. The van der Waals surface area contributed by atoms with Crippen LogP contribution in [0.25, 0.3) is 16.7 Å². The number of aromatic nitrogens is 4. The molecule has 2 heterocycles. The van der Waals surface area contributed by atoms with Crippen LogP contribution in [0.2, 0.25) is 0 Å². The molecule has 0 bridgehead atoms. The molecule has 0 saturated carbocycles. The van der Waals surface area contributed by atoms with Crippen LogP contribution in [-0.4, -0.2) is 52.2 Å². The van der Waals surface area contributed by atoms with Crippen LogP contribution in [-0.2, 0) is 11.2 Å². The van der Waals surface area contributed by atoms with Crippen LogP contribution in [0.5, 0.6) is 11.5 Å². The molecule has 9 heteroatoms. The van der Waals surface area contributed by atoms with Crippen LogP contribution in [0.15, 0.2) is 60.0 Å². The number of nitrogens with zero attached hydrogens (tertiary/aromatic N) is 4. The molecule has 33 heavy (non-hydrogen) atoms. The van der Waals surface area contributed by atoms with E-state index in [0.717, 1.165) is 21.7 Å². The van der Waals surface area contributed by atoms with Gasteiger partial charge in [0.05, 0.1) is 37.2 Å². The van der Waals surface area contributed by atoms with Crippen LogP contribution in [0.4, 0.5) is 0 Å². The Balaban J connectivity index is 1.35. The highest BCUT2D eigenvalue weighted by Gasteiger charge is 2.13. The van der Waals surface area contributed by atoms with Crippen LogP contribution in [0, 0.1) is 6.92 Å². The van der Waals surface area contributed by atoms with Crippen molar-refractivity contribution in [2.45, 2.75) is 18.4 Å². The summed E-state index contributed by atoms with van der Waals surface area (Å²) < 4.78 is 12.4. The molecule has 0 aliphatic rings. The van der Waals surface area contributed by atoms with Gasteiger partial charge in [-0.15, -0.1) is 0 Å². The number of methoxy groups -OCH3 is 2. The second-order valence-corrected chi connectivity index (χ2v) is 8.35. The lowest BCUT2D eigenvalue weighted by molar-refractivity contribution is -0.118. The van der Waals surface area contributed by atoms with Gasteiger partial charge in [0.15, 0.2) is 17.1 Å². The molecule has 0 radical (unpaired) electrons. The molecule has 0 unspecified atom stereocenters. The zero-order chi connectivity index (χ0) is 23.2. The Morgan fingerprint density at radius 3 is 2.61 bits per heavy atom. The van der Waals surface area contributed by atoms with Crippen molar-refractivity contribution >= 4 is 28.7 Å². The normalized spacial score (nSPS) is 10.9. The third-order valence-corrected chi connectivity index (χ3v) is 6.14. The first-order valence-corrected chi connectivity index (χ1v) is 11.4. The molecule has 0 aliphatic heterocycles. The van der Waals surface area contributed by atoms with Gasteiger partial charge in [-0.2, -0.15) is 5.10 Å². The average Bonchev–Trinajstić information content (AvgIpc) is 3.28. The number of rotatable bonds is 9. The number of carbonyl (C=O) groups excluding carboxylic acids is 1. The van der Waals surface area contributed by atoms with Crippen molar-refractivity contribution in [2.24, 2.45) is 0 Å². The summed E-state index contributed by atoms with van der Waals surface area (Å²) in [7, 11) is 3.21. The molecule has 2 aromatic carbocycles. The fourth-order valence-corrected chi connectivity index (χ4v) is 4.17. The monoisotopic (exact) mass is 463 g/mol. The molecule has 1 N–H and O–H groups in total. The maximum Gasteiger partial charge on any atom is 0.230 e. The minimum atomic E-state index is -0.0573. The number of ether oxygens (including phenoxy) is 2. The molecule has 0 spiro atoms. The molecule has 1 amide bonds. The third-order valence-electron chi connectivity index (χ3n) is 5.13. The summed E-state index contributed by atoms with van der Waals surface area (Å²) in [5.41, 5.74) is 3.88. The summed E-state index contributed by atoms with van der Waals surface area (Å²) in [4.78, 5) is 21.1. The van der Waals surface area contributed by atoms with Gasteiger partial charge in [-0.05, 0) is 43.2 Å². The number of carbonyl (C=O) groups is 1. The zero-order valence-corrected chi connectivity index (χ0v) is 19.6. The van der Waals surface area contributed by atoms with E-state index in [4.69, 9.17) is 9.47 Å². The molecule has 4 rings (SSSR count). The Bertz CT molecular complexity index is 1260. The van der Waals surface area contributed by atoms with Gasteiger partial charge in [-0.1, -0.05) is 35.5 Å². The van der Waals surface area contributed by atoms with Gasteiger partial charge in [0.2, 0.25) is 5.91 Å². The van der Waals surface area contributed by atoms with Gasteiger partial charge < -0.3 is 14.8 Å². The van der Waals surface area contributed by atoms with E-state index >= 15 is 0 Å². The van der Waals surface area contributed by atoms with Crippen molar-refractivity contribution in [1.82, 2.24) is 25.1 Å². The topological polar surface area (TPSA) is 91.2 Å². The van der Waals surface area contributed by atoms with Gasteiger partial charge in [0, 0.05) is 6.54 Å². The summed E-state index contributed by atoms with van der Waals surface area (Å²) in [5.74, 6) is 1.56. The van der Waals surface area contributed by atoms with E-state index in [0.29, 0.717) is 30.1 Å². The minimum Gasteiger partial charge on any atom is -0.493 e. The average molecular weight is 464 g/mol. The summed E-state index contributed by atoms with van der Waals surface area (Å²) >= 11 is 1.37. The van der Waals surface area contributed by atoms with Gasteiger partial charge in [0.1, 0.15) is 11.4 Å². The largest absolute Gasteiger partial charge is 0.493 e. The molecule has 0 aliphatic carbocycles. The van der Waals surface area contributed by atoms with Crippen molar-refractivity contribution < 1.29 is 14.3 Å². The summed E-state index contributed by atoms with van der Waals surface area (Å²) in [6.07, 6.45) is 3.94. The Morgan fingerprint density at radius 1 is 1.06 bits per heavy atom.